The standard InChI is InChI=1S/C26H42O/c1-18(2)7-5-6-8-19-10-12-23-22-11-9-20-17-21(27)13-15-26(20,4)24(22)14-16-25(19,23)3/h9,11,18-19,21,23-24,27H,5-8,10,12-17H2,1-4H3. The number of fused-ring (bicyclic) bond motifs is 5. The van der Waals surface area contributed by atoms with E-state index in [-0.39, 0.29) is 6.10 Å². The van der Waals surface area contributed by atoms with Gasteiger partial charge in [-0.15, -0.1) is 0 Å². The molecule has 0 saturated heterocycles. The molecule has 0 heterocycles. The molecule has 0 amide bonds. The van der Waals surface area contributed by atoms with Crippen molar-refractivity contribution in [1.29, 1.82) is 0 Å². The van der Waals surface area contributed by atoms with Gasteiger partial charge in [-0.1, -0.05) is 70.3 Å². The number of rotatable bonds is 5. The van der Waals surface area contributed by atoms with Gasteiger partial charge >= 0.3 is 0 Å². The fourth-order valence-electron chi connectivity index (χ4n) is 7.51. The Morgan fingerprint density at radius 2 is 1.81 bits per heavy atom. The van der Waals surface area contributed by atoms with E-state index in [1.165, 1.54) is 57.8 Å². The Labute approximate surface area is 167 Å². The van der Waals surface area contributed by atoms with Gasteiger partial charge in [0.1, 0.15) is 0 Å². The second kappa shape index (κ2) is 7.36. The van der Waals surface area contributed by atoms with Gasteiger partial charge in [0.2, 0.25) is 0 Å². The van der Waals surface area contributed by atoms with Crippen LogP contribution in [-0.2, 0) is 0 Å². The van der Waals surface area contributed by atoms with Gasteiger partial charge < -0.3 is 5.11 Å². The molecule has 4 aliphatic rings. The van der Waals surface area contributed by atoms with E-state index >= 15 is 0 Å². The lowest BCUT2D eigenvalue weighted by Crippen LogP contribution is -2.45. The Balaban J connectivity index is 1.49. The van der Waals surface area contributed by atoms with Crippen molar-refractivity contribution in [2.75, 3.05) is 0 Å². The molecule has 4 rings (SSSR count). The molecule has 1 heteroatoms. The molecule has 3 fully saturated rings. The predicted octanol–water partition coefficient (Wildman–Crippen LogP) is 7.06. The lowest BCUT2D eigenvalue weighted by Gasteiger charge is -2.54. The molecule has 0 bridgehead atoms. The summed E-state index contributed by atoms with van der Waals surface area (Å²) in [6, 6.07) is 0. The van der Waals surface area contributed by atoms with Gasteiger partial charge in [0, 0.05) is 0 Å². The minimum absolute atomic E-state index is 0.102. The van der Waals surface area contributed by atoms with Gasteiger partial charge in [-0.3, -0.25) is 0 Å². The Bertz CT molecular complexity index is 614. The molecule has 1 N–H and O–H groups in total. The van der Waals surface area contributed by atoms with Crippen LogP contribution in [0.1, 0.15) is 98.3 Å². The van der Waals surface area contributed by atoms with Crippen molar-refractivity contribution in [3.8, 4) is 0 Å². The van der Waals surface area contributed by atoms with E-state index in [2.05, 4.69) is 39.8 Å². The van der Waals surface area contributed by atoms with E-state index in [0.29, 0.717) is 10.8 Å². The van der Waals surface area contributed by atoms with E-state index in [1.54, 1.807) is 11.1 Å². The van der Waals surface area contributed by atoms with Gasteiger partial charge in [-0.05, 0) is 85.9 Å². The summed E-state index contributed by atoms with van der Waals surface area (Å²) in [5.74, 6) is 3.38. The Kier molecular flexibility index (Phi) is 5.38. The first-order valence-electron chi connectivity index (χ1n) is 11.9. The van der Waals surface area contributed by atoms with E-state index < -0.39 is 0 Å². The van der Waals surface area contributed by atoms with Crippen LogP contribution in [0.3, 0.4) is 0 Å². The molecular weight excluding hydrogens is 328 g/mol. The molecule has 1 nitrogen and oxygen atoms in total. The maximum atomic E-state index is 10.2. The number of aliphatic hydroxyl groups excluding tert-OH is 1. The van der Waals surface area contributed by atoms with Gasteiger partial charge in [0.15, 0.2) is 0 Å². The van der Waals surface area contributed by atoms with E-state index in [9.17, 15) is 5.11 Å². The summed E-state index contributed by atoms with van der Waals surface area (Å²) in [5.41, 5.74) is 4.23. The normalized spacial score (nSPS) is 43.6. The smallest absolute Gasteiger partial charge is 0.0578 e. The monoisotopic (exact) mass is 370 g/mol. The van der Waals surface area contributed by atoms with E-state index in [0.717, 1.165) is 36.5 Å². The minimum Gasteiger partial charge on any atom is -0.393 e. The summed E-state index contributed by atoms with van der Waals surface area (Å²) in [4.78, 5) is 0. The predicted molar refractivity (Wildman–Crippen MR) is 114 cm³/mol. The van der Waals surface area contributed by atoms with Crippen molar-refractivity contribution in [2.45, 2.75) is 104 Å². The van der Waals surface area contributed by atoms with Crippen molar-refractivity contribution in [2.24, 2.45) is 34.5 Å². The molecule has 0 aromatic carbocycles. The maximum Gasteiger partial charge on any atom is 0.0578 e. The molecule has 0 radical (unpaired) electrons. The first-order chi connectivity index (χ1) is 12.8. The van der Waals surface area contributed by atoms with Crippen molar-refractivity contribution in [3.05, 3.63) is 23.3 Å². The average molecular weight is 371 g/mol. The van der Waals surface area contributed by atoms with Crippen LogP contribution < -0.4 is 0 Å². The van der Waals surface area contributed by atoms with Crippen LogP contribution in [0.4, 0.5) is 0 Å². The summed E-state index contributed by atoms with van der Waals surface area (Å²) < 4.78 is 0. The molecule has 3 saturated carbocycles. The van der Waals surface area contributed by atoms with E-state index in [4.69, 9.17) is 0 Å². The molecule has 6 atom stereocenters. The summed E-state index contributed by atoms with van der Waals surface area (Å²) in [7, 11) is 0. The fraction of sp³-hybridized carbons (Fsp3) is 0.846. The summed E-state index contributed by atoms with van der Waals surface area (Å²) in [6.07, 6.45) is 19.4. The molecule has 0 aromatic rings. The van der Waals surface area contributed by atoms with Gasteiger partial charge in [0.25, 0.3) is 0 Å². The second-order valence-electron chi connectivity index (χ2n) is 11.3. The number of allylic oxidation sites excluding steroid dienone is 3. The third kappa shape index (κ3) is 3.37. The highest BCUT2D eigenvalue weighted by atomic mass is 16.3. The number of hydrogen-bond acceptors (Lipinski definition) is 1. The molecule has 27 heavy (non-hydrogen) atoms. The van der Waals surface area contributed by atoms with Crippen LogP contribution in [0.5, 0.6) is 0 Å². The highest BCUT2D eigenvalue weighted by molar-refractivity contribution is 5.38. The van der Waals surface area contributed by atoms with Gasteiger partial charge in [-0.2, -0.15) is 0 Å². The van der Waals surface area contributed by atoms with Crippen LogP contribution in [0.2, 0.25) is 0 Å². The van der Waals surface area contributed by atoms with Crippen molar-refractivity contribution in [1.82, 2.24) is 0 Å². The molecular formula is C26H42O. The Morgan fingerprint density at radius 1 is 1.00 bits per heavy atom. The minimum atomic E-state index is -0.102. The number of hydrogen-bond donors (Lipinski definition) is 1. The molecule has 0 aromatic heterocycles. The highest BCUT2D eigenvalue weighted by Gasteiger charge is 2.55. The van der Waals surface area contributed by atoms with Crippen molar-refractivity contribution >= 4 is 0 Å². The van der Waals surface area contributed by atoms with Crippen LogP contribution in [0.25, 0.3) is 0 Å². The third-order valence-corrected chi connectivity index (χ3v) is 9.33. The van der Waals surface area contributed by atoms with Gasteiger partial charge in [-0.25, -0.2) is 0 Å². The maximum absolute atomic E-state index is 10.2. The quantitative estimate of drug-likeness (QED) is 0.513. The molecule has 0 spiro atoms. The zero-order valence-corrected chi connectivity index (χ0v) is 18.3. The Hall–Kier alpha value is -0.560. The molecule has 0 aliphatic heterocycles. The highest BCUT2D eigenvalue weighted by Crippen LogP contribution is 2.65. The third-order valence-electron chi connectivity index (χ3n) is 9.33. The Morgan fingerprint density at radius 3 is 2.59 bits per heavy atom. The zero-order valence-electron chi connectivity index (χ0n) is 18.3. The molecule has 4 aliphatic carbocycles. The lowest BCUT2D eigenvalue weighted by atomic mass is 9.50. The first-order valence-corrected chi connectivity index (χ1v) is 11.9. The molecule has 6 unspecified atom stereocenters. The fourth-order valence-corrected chi connectivity index (χ4v) is 7.51. The van der Waals surface area contributed by atoms with Crippen molar-refractivity contribution in [3.63, 3.8) is 0 Å². The second-order valence-corrected chi connectivity index (χ2v) is 11.3. The van der Waals surface area contributed by atoms with Crippen LogP contribution in [-0.4, -0.2) is 11.2 Å². The molecule has 152 valence electrons. The van der Waals surface area contributed by atoms with Gasteiger partial charge in [0.05, 0.1) is 6.10 Å². The average Bonchev–Trinajstić information content (AvgIpc) is 2.96. The SMILES string of the molecule is CC(C)CCCCC1CCC2C3=CC=C4CC(O)CCC4(C)C3CCC12C. The summed E-state index contributed by atoms with van der Waals surface area (Å²) >= 11 is 0. The topological polar surface area (TPSA) is 20.2 Å². The van der Waals surface area contributed by atoms with Crippen LogP contribution in [0, 0.1) is 34.5 Å². The van der Waals surface area contributed by atoms with Crippen LogP contribution in [0.15, 0.2) is 23.3 Å². The number of aliphatic hydroxyl groups is 1. The summed E-state index contributed by atoms with van der Waals surface area (Å²) in [5, 5.41) is 10.2. The van der Waals surface area contributed by atoms with Crippen molar-refractivity contribution < 1.29 is 5.11 Å². The number of unbranched alkanes of at least 4 members (excludes halogenated alkanes) is 1. The van der Waals surface area contributed by atoms with Crippen LogP contribution >= 0.6 is 0 Å². The lowest BCUT2D eigenvalue weighted by molar-refractivity contribution is 0.0428. The van der Waals surface area contributed by atoms with E-state index in [1.807, 2.05) is 0 Å². The summed E-state index contributed by atoms with van der Waals surface area (Å²) in [6.45, 7) is 9.87. The zero-order chi connectivity index (χ0) is 19.2. The largest absolute Gasteiger partial charge is 0.393 e. The first kappa shape index (κ1) is 19.7.